The minimum absolute atomic E-state index is 0.0682. The van der Waals surface area contributed by atoms with E-state index in [1.807, 2.05) is 31.2 Å². The lowest BCUT2D eigenvalue weighted by molar-refractivity contribution is -0.127. The van der Waals surface area contributed by atoms with E-state index in [4.69, 9.17) is 9.47 Å². The molecule has 1 atom stereocenters. The summed E-state index contributed by atoms with van der Waals surface area (Å²) < 4.78 is 14.3. The smallest absolute Gasteiger partial charge is 0.249 e. The Labute approximate surface area is 225 Å². The quantitative estimate of drug-likeness (QED) is 0.390. The number of fused-ring (bicyclic) bond motifs is 2. The number of anilines is 1. The van der Waals surface area contributed by atoms with E-state index in [-0.39, 0.29) is 31.2 Å². The molecule has 2 amide bonds. The molecule has 11 heteroatoms. The van der Waals surface area contributed by atoms with Gasteiger partial charge in [-0.05, 0) is 44.0 Å². The number of carbonyl (C=O) groups excluding carboxylic acids is 2. The minimum atomic E-state index is -0.955. The van der Waals surface area contributed by atoms with Gasteiger partial charge in [0.2, 0.25) is 18.6 Å². The largest absolute Gasteiger partial charge is 0.454 e. The van der Waals surface area contributed by atoms with E-state index in [2.05, 4.69) is 20.7 Å². The average molecular weight is 530 g/mol. The molecular weight excluding hydrogens is 498 g/mol. The van der Waals surface area contributed by atoms with Crippen molar-refractivity contribution >= 4 is 28.5 Å². The first kappa shape index (κ1) is 24.9. The Morgan fingerprint density at radius 2 is 1.90 bits per heavy atom. The highest BCUT2D eigenvalue weighted by molar-refractivity contribution is 6.02. The summed E-state index contributed by atoms with van der Waals surface area (Å²) in [5, 5.41) is 16.2. The van der Waals surface area contributed by atoms with Gasteiger partial charge < -0.3 is 14.8 Å². The van der Waals surface area contributed by atoms with E-state index in [1.54, 1.807) is 40.8 Å². The predicted octanol–water partition coefficient (Wildman–Crippen LogP) is 3.43. The van der Waals surface area contributed by atoms with Crippen LogP contribution in [0.2, 0.25) is 0 Å². The van der Waals surface area contributed by atoms with Crippen LogP contribution in [0, 0.1) is 6.92 Å². The molecule has 2 aromatic heterocycles. The van der Waals surface area contributed by atoms with Crippen LogP contribution in [-0.4, -0.2) is 49.4 Å². The number of nitrogens with zero attached hydrogens (tertiary/aromatic N) is 6. The van der Waals surface area contributed by atoms with Crippen molar-refractivity contribution in [3.8, 4) is 11.5 Å². The first-order chi connectivity index (χ1) is 19.0. The van der Waals surface area contributed by atoms with E-state index >= 15 is 0 Å². The SMILES string of the molecule is Cc1nn(C)cc1[C@H](C(=O)NC1CCCCC1)N(C(=O)Cn1nnc2ccccc21)c1ccc2c(c1)OCO2. The van der Waals surface area contributed by atoms with Crippen LogP contribution in [0.1, 0.15) is 49.4 Å². The van der Waals surface area contributed by atoms with Crippen LogP contribution in [0.5, 0.6) is 11.5 Å². The lowest BCUT2D eigenvalue weighted by Gasteiger charge is -2.33. The number of benzene rings is 2. The molecule has 0 saturated heterocycles. The van der Waals surface area contributed by atoms with Crippen LogP contribution in [0.25, 0.3) is 11.0 Å². The van der Waals surface area contributed by atoms with Crippen LogP contribution in [-0.2, 0) is 23.2 Å². The molecular formula is C28H31N7O4. The van der Waals surface area contributed by atoms with Crippen molar-refractivity contribution in [2.75, 3.05) is 11.7 Å². The molecule has 1 aliphatic carbocycles. The van der Waals surface area contributed by atoms with Gasteiger partial charge in [-0.25, -0.2) is 4.68 Å². The van der Waals surface area contributed by atoms with Gasteiger partial charge in [-0.1, -0.05) is 36.6 Å². The van der Waals surface area contributed by atoms with Gasteiger partial charge >= 0.3 is 0 Å². The molecule has 1 saturated carbocycles. The van der Waals surface area contributed by atoms with Crippen molar-refractivity contribution in [2.24, 2.45) is 7.05 Å². The van der Waals surface area contributed by atoms with Crippen LogP contribution in [0.4, 0.5) is 5.69 Å². The monoisotopic (exact) mass is 529 g/mol. The van der Waals surface area contributed by atoms with Gasteiger partial charge in [0, 0.05) is 36.6 Å². The van der Waals surface area contributed by atoms with E-state index < -0.39 is 6.04 Å². The molecule has 202 valence electrons. The van der Waals surface area contributed by atoms with Gasteiger partial charge in [-0.2, -0.15) is 5.10 Å². The lowest BCUT2D eigenvalue weighted by Crippen LogP contribution is -2.48. The van der Waals surface area contributed by atoms with Crippen LogP contribution in [0.15, 0.2) is 48.7 Å². The summed E-state index contributed by atoms with van der Waals surface area (Å²) in [5.41, 5.74) is 3.26. The molecule has 1 fully saturated rings. The fraction of sp³-hybridized carbons (Fsp3) is 0.393. The summed E-state index contributed by atoms with van der Waals surface area (Å²) >= 11 is 0. The van der Waals surface area contributed by atoms with Gasteiger partial charge in [-0.3, -0.25) is 19.2 Å². The number of rotatable bonds is 7. The summed E-state index contributed by atoms with van der Waals surface area (Å²) in [6.07, 6.45) is 6.97. The zero-order valence-electron chi connectivity index (χ0n) is 22.0. The average Bonchev–Trinajstić information content (AvgIpc) is 3.65. The highest BCUT2D eigenvalue weighted by Crippen LogP contribution is 2.39. The molecule has 4 aromatic rings. The molecule has 3 heterocycles. The summed E-state index contributed by atoms with van der Waals surface area (Å²) in [5.74, 6) is 0.545. The first-order valence-electron chi connectivity index (χ1n) is 13.3. The van der Waals surface area contributed by atoms with Crippen molar-refractivity contribution in [3.63, 3.8) is 0 Å². The molecule has 1 N–H and O–H groups in total. The Hall–Kier alpha value is -4.41. The molecule has 0 spiro atoms. The van der Waals surface area contributed by atoms with Gasteiger partial charge in [0.25, 0.3) is 0 Å². The first-order valence-corrected chi connectivity index (χ1v) is 13.3. The zero-order chi connectivity index (χ0) is 26.9. The maximum Gasteiger partial charge on any atom is 0.249 e. The standard InChI is InChI=1S/C28H31N7O4/c1-18-21(15-33(2)31-18)27(28(37)29-19-8-4-3-5-9-19)35(20-12-13-24-25(14-20)39-17-38-24)26(36)16-34-23-11-7-6-10-22(23)30-32-34/h6-7,10-15,19,27H,3-5,8-9,16-17H2,1-2H3,(H,29,37)/t27-/m1/s1. The topological polar surface area (TPSA) is 116 Å². The van der Waals surface area contributed by atoms with Crippen molar-refractivity contribution in [1.29, 1.82) is 0 Å². The summed E-state index contributed by atoms with van der Waals surface area (Å²) in [6.45, 7) is 1.84. The third-order valence-corrected chi connectivity index (χ3v) is 7.41. The van der Waals surface area contributed by atoms with Crippen molar-refractivity contribution < 1.29 is 19.1 Å². The maximum atomic E-state index is 14.2. The Kier molecular flexibility index (Phi) is 6.64. The Morgan fingerprint density at radius 3 is 2.69 bits per heavy atom. The molecule has 1 aliphatic heterocycles. The second-order valence-electron chi connectivity index (χ2n) is 10.1. The molecule has 0 unspecified atom stereocenters. The van der Waals surface area contributed by atoms with Crippen LogP contribution >= 0.6 is 0 Å². The number of hydrogen-bond acceptors (Lipinski definition) is 7. The predicted molar refractivity (Wildman–Crippen MR) is 143 cm³/mol. The van der Waals surface area contributed by atoms with Gasteiger partial charge in [0.1, 0.15) is 18.1 Å². The maximum absolute atomic E-state index is 14.2. The fourth-order valence-corrected chi connectivity index (χ4v) is 5.52. The zero-order valence-corrected chi connectivity index (χ0v) is 22.0. The van der Waals surface area contributed by atoms with E-state index in [1.165, 1.54) is 11.3 Å². The number of para-hydroxylation sites is 1. The molecule has 0 radical (unpaired) electrons. The normalized spacial score (nSPS) is 15.8. The fourth-order valence-electron chi connectivity index (χ4n) is 5.52. The van der Waals surface area contributed by atoms with E-state index in [9.17, 15) is 9.59 Å². The number of carbonyl (C=O) groups is 2. The Morgan fingerprint density at radius 1 is 1.10 bits per heavy atom. The Balaban J connectivity index is 1.43. The van der Waals surface area contributed by atoms with Crippen molar-refractivity contribution in [2.45, 2.75) is 57.7 Å². The molecule has 0 bridgehead atoms. The van der Waals surface area contributed by atoms with E-state index in [0.29, 0.717) is 34.0 Å². The number of aryl methyl sites for hydroxylation is 2. The van der Waals surface area contributed by atoms with Crippen LogP contribution < -0.4 is 19.7 Å². The van der Waals surface area contributed by atoms with E-state index in [0.717, 1.165) is 31.2 Å². The van der Waals surface area contributed by atoms with Crippen molar-refractivity contribution in [3.05, 3.63) is 59.9 Å². The lowest BCUT2D eigenvalue weighted by atomic mass is 9.94. The summed E-state index contributed by atoms with van der Waals surface area (Å²) in [7, 11) is 1.81. The number of hydrogen-bond donors (Lipinski definition) is 1. The number of aromatic nitrogens is 5. The van der Waals surface area contributed by atoms with Gasteiger partial charge in [0.05, 0.1) is 11.2 Å². The highest BCUT2D eigenvalue weighted by atomic mass is 16.7. The van der Waals surface area contributed by atoms with Gasteiger partial charge in [-0.15, -0.1) is 5.10 Å². The molecule has 11 nitrogen and oxygen atoms in total. The molecule has 2 aliphatic rings. The number of nitrogens with one attached hydrogen (secondary N) is 1. The molecule has 39 heavy (non-hydrogen) atoms. The second-order valence-corrected chi connectivity index (χ2v) is 10.1. The van der Waals surface area contributed by atoms with Crippen molar-refractivity contribution in [1.82, 2.24) is 30.1 Å². The van der Waals surface area contributed by atoms with Gasteiger partial charge in [0.15, 0.2) is 11.5 Å². The number of amides is 2. The number of ether oxygens (including phenoxy) is 2. The second kappa shape index (κ2) is 10.4. The molecule has 6 rings (SSSR count). The molecule has 2 aromatic carbocycles. The summed E-state index contributed by atoms with van der Waals surface area (Å²) in [4.78, 5) is 29.9. The third kappa shape index (κ3) is 4.91. The Bertz CT molecular complexity index is 1520. The minimum Gasteiger partial charge on any atom is -0.454 e. The highest BCUT2D eigenvalue weighted by Gasteiger charge is 2.37. The van der Waals surface area contributed by atoms with Crippen LogP contribution in [0.3, 0.4) is 0 Å². The third-order valence-electron chi connectivity index (χ3n) is 7.41. The summed E-state index contributed by atoms with van der Waals surface area (Å²) in [6, 6.07) is 11.9.